The molecule has 1 aliphatic rings. The first-order chi connectivity index (χ1) is 13.8. The summed E-state index contributed by atoms with van der Waals surface area (Å²) < 4.78 is 6.17. The van der Waals surface area contributed by atoms with Gasteiger partial charge in [-0.3, -0.25) is 5.10 Å². The number of fused-ring (bicyclic) bond motifs is 1. The number of H-pyrrole nitrogens is 1. The van der Waals surface area contributed by atoms with E-state index >= 15 is 0 Å². The molecule has 0 radical (unpaired) electrons. The fourth-order valence-corrected chi connectivity index (χ4v) is 3.62. The van der Waals surface area contributed by atoms with Crippen LogP contribution in [0, 0.1) is 24.2 Å². The van der Waals surface area contributed by atoms with Crippen LogP contribution in [0.5, 0.6) is 5.75 Å². The second kappa shape index (κ2) is 7.03. The molecule has 4 rings (SSSR count). The van der Waals surface area contributed by atoms with Crippen LogP contribution < -0.4 is 9.64 Å². The Kier molecular flexibility index (Phi) is 4.65. The third kappa shape index (κ3) is 3.63. The highest BCUT2D eigenvalue weighted by Gasteiger charge is 2.25. The second-order valence-electron chi connectivity index (χ2n) is 8.93. The van der Waals surface area contributed by atoms with Gasteiger partial charge in [-0.25, -0.2) is 4.98 Å². The van der Waals surface area contributed by atoms with Gasteiger partial charge in [0.2, 0.25) is 5.95 Å². The summed E-state index contributed by atoms with van der Waals surface area (Å²) in [5.74, 6) is 2.20. The molecular formula is C22H26N6O. The van der Waals surface area contributed by atoms with Gasteiger partial charge < -0.3 is 9.64 Å². The molecule has 0 saturated carbocycles. The molecule has 1 fully saturated rings. The lowest BCUT2D eigenvalue weighted by atomic mass is 9.84. The van der Waals surface area contributed by atoms with Crippen molar-refractivity contribution in [2.45, 2.75) is 46.6 Å². The van der Waals surface area contributed by atoms with E-state index in [1.54, 1.807) is 0 Å². The average Bonchev–Trinajstić information content (AvgIpc) is 3.05. The van der Waals surface area contributed by atoms with E-state index in [0.717, 1.165) is 47.0 Å². The lowest BCUT2D eigenvalue weighted by molar-refractivity contribution is 0.294. The van der Waals surface area contributed by atoms with E-state index in [-0.39, 0.29) is 5.41 Å². The van der Waals surface area contributed by atoms with Gasteiger partial charge in [0.15, 0.2) is 5.65 Å². The number of benzene rings is 1. The van der Waals surface area contributed by atoms with Crippen molar-refractivity contribution in [2.24, 2.45) is 5.92 Å². The molecule has 3 heterocycles. The molecular weight excluding hydrogens is 364 g/mol. The van der Waals surface area contributed by atoms with Gasteiger partial charge in [-0.15, -0.1) is 0 Å². The van der Waals surface area contributed by atoms with Gasteiger partial charge in [-0.2, -0.15) is 15.3 Å². The van der Waals surface area contributed by atoms with Crippen molar-refractivity contribution in [1.29, 1.82) is 5.26 Å². The minimum absolute atomic E-state index is 0.142. The molecule has 0 amide bonds. The molecule has 0 spiro atoms. The smallest absolute Gasteiger partial charge is 0.227 e. The monoisotopic (exact) mass is 390 g/mol. The maximum absolute atomic E-state index is 9.37. The molecule has 0 aliphatic carbocycles. The molecule has 2 aromatic heterocycles. The molecule has 7 nitrogen and oxygen atoms in total. The number of aromatic nitrogens is 4. The Balaban J connectivity index is 1.59. The maximum atomic E-state index is 9.37. The summed E-state index contributed by atoms with van der Waals surface area (Å²) in [5.41, 5.74) is 3.94. The predicted molar refractivity (Wildman–Crippen MR) is 112 cm³/mol. The highest BCUT2D eigenvalue weighted by molar-refractivity contribution is 5.77. The zero-order valence-electron chi connectivity index (χ0n) is 17.6. The SMILES string of the molecule is Cc1cc(OCc2[nH]nc3nc(N4CC(C)C4)ncc23)c(C(C)(C)C)cc1C#N. The van der Waals surface area contributed by atoms with Gasteiger partial charge in [0.05, 0.1) is 22.7 Å². The predicted octanol–water partition coefficient (Wildman–Crippen LogP) is 3.87. The molecule has 1 saturated heterocycles. The molecule has 7 heteroatoms. The Morgan fingerprint density at radius 3 is 2.72 bits per heavy atom. The number of anilines is 1. The molecule has 1 aromatic carbocycles. The largest absolute Gasteiger partial charge is 0.487 e. The van der Waals surface area contributed by atoms with E-state index < -0.39 is 0 Å². The van der Waals surface area contributed by atoms with Crippen molar-refractivity contribution < 1.29 is 4.74 Å². The molecule has 0 atom stereocenters. The van der Waals surface area contributed by atoms with Crippen LogP contribution in [0.3, 0.4) is 0 Å². The van der Waals surface area contributed by atoms with Gasteiger partial charge in [0.1, 0.15) is 12.4 Å². The van der Waals surface area contributed by atoms with E-state index in [1.807, 2.05) is 25.3 Å². The number of ether oxygens (including phenoxy) is 1. The minimum atomic E-state index is -0.142. The van der Waals surface area contributed by atoms with Crippen LogP contribution in [0.1, 0.15) is 50.1 Å². The fourth-order valence-electron chi connectivity index (χ4n) is 3.62. The Hall–Kier alpha value is -3.14. The zero-order chi connectivity index (χ0) is 20.8. The van der Waals surface area contributed by atoms with Crippen LogP contribution in [-0.2, 0) is 12.0 Å². The number of nitrogens with one attached hydrogen (secondary N) is 1. The molecule has 0 bridgehead atoms. The number of rotatable bonds is 4. The highest BCUT2D eigenvalue weighted by atomic mass is 16.5. The molecule has 1 aliphatic heterocycles. The Bertz CT molecular complexity index is 1100. The van der Waals surface area contributed by atoms with Crippen LogP contribution in [0.15, 0.2) is 18.3 Å². The van der Waals surface area contributed by atoms with Gasteiger partial charge in [0, 0.05) is 24.8 Å². The molecule has 3 aromatic rings. The second-order valence-corrected chi connectivity index (χ2v) is 8.93. The number of hydrogen-bond acceptors (Lipinski definition) is 6. The van der Waals surface area contributed by atoms with Crippen molar-refractivity contribution >= 4 is 17.0 Å². The highest BCUT2D eigenvalue weighted by Crippen LogP contribution is 2.34. The first kappa shape index (κ1) is 19.2. The standard InChI is InChI=1S/C22H26N6O/c1-13-10-28(11-13)21-24-9-16-18(26-27-20(16)25-21)12-29-19-6-14(2)15(8-23)7-17(19)22(3,4)5/h6-7,9,13H,10-12H2,1-5H3,(H,24,25,26,27). The van der Waals surface area contributed by atoms with Crippen LogP contribution >= 0.6 is 0 Å². The lowest BCUT2D eigenvalue weighted by Gasteiger charge is -2.36. The van der Waals surface area contributed by atoms with E-state index in [2.05, 4.69) is 58.8 Å². The molecule has 0 unspecified atom stereocenters. The number of hydrogen-bond donors (Lipinski definition) is 1. The summed E-state index contributed by atoms with van der Waals surface area (Å²) in [5, 5.41) is 17.6. The van der Waals surface area contributed by atoms with Crippen LogP contribution in [0.4, 0.5) is 5.95 Å². The quantitative estimate of drug-likeness (QED) is 0.727. The van der Waals surface area contributed by atoms with Gasteiger partial charge in [-0.05, 0) is 36.0 Å². The summed E-state index contributed by atoms with van der Waals surface area (Å²) in [6.45, 7) is 12.8. The third-order valence-electron chi connectivity index (χ3n) is 5.35. The van der Waals surface area contributed by atoms with E-state index in [9.17, 15) is 5.26 Å². The average molecular weight is 390 g/mol. The zero-order valence-corrected chi connectivity index (χ0v) is 17.6. The van der Waals surface area contributed by atoms with Crippen LogP contribution in [-0.4, -0.2) is 33.3 Å². The maximum Gasteiger partial charge on any atom is 0.227 e. The van der Waals surface area contributed by atoms with E-state index in [1.165, 1.54) is 0 Å². The van der Waals surface area contributed by atoms with Crippen molar-refractivity contribution in [1.82, 2.24) is 20.2 Å². The number of aromatic amines is 1. The topological polar surface area (TPSA) is 90.7 Å². The third-order valence-corrected chi connectivity index (χ3v) is 5.35. The number of nitriles is 1. The van der Waals surface area contributed by atoms with Crippen molar-refractivity contribution in [2.75, 3.05) is 18.0 Å². The van der Waals surface area contributed by atoms with E-state index in [0.29, 0.717) is 23.7 Å². The summed E-state index contributed by atoms with van der Waals surface area (Å²) in [4.78, 5) is 11.2. The first-order valence-electron chi connectivity index (χ1n) is 9.89. The molecule has 1 N–H and O–H groups in total. The van der Waals surface area contributed by atoms with Crippen molar-refractivity contribution in [3.8, 4) is 11.8 Å². The summed E-state index contributed by atoms with van der Waals surface area (Å²) in [6.07, 6.45) is 1.82. The molecule has 29 heavy (non-hydrogen) atoms. The van der Waals surface area contributed by atoms with Gasteiger partial charge in [0.25, 0.3) is 0 Å². The van der Waals surface area contributed by atoms with Crippen LogP contribution in [0.25, 0.3) is 11.0 Å². The fraction of sp³-hybridized carbons (Fsp3) is 0.455. The summed E-state index contributed by atoms with van der Waals surface area (Å²) in [7, 11) is 0. The number of nitrogens with zero attached hydrogens (tertiary/aromatic N) is 5. The Morgan fingerprint density at radius 1 is 1.31 bits per heavy atom. The summed E-state index contributed by atoms with van der Waals surface area (Å²) >= 11 is 0. The number of aryl methyl sites for hydroxylation is 1. The summed E-state index contributed by atoms with van der Waals surface area (Å²) in [6, 6.07) is 6.13. The van der Waals surface area contributed by atoms with Gasteiger partial charge in [-0.1, -0.05) is 27.7 Å². The van der Waals surface area contributed by atoms with E-state index in [4.69, 9.17) is 4.74 Å². The normalized spacial score (nSPS) is 14.7. The first-order valence-corrected chi connectivity index (χ1v) is 9.89. The van der Waals surface area contributed by atoms with Gasteiger partial charge >= 0.3 is 0 Å². The van der Waals surface area contributed by atoms with Crippen molar-refractivity contribution in [3.63, 3.8) is 0 Å². The Labute approximate surface area is 170 Å². The Morgan fingerprint density at radius 2 is 2.07 bits per heavy atom. The van der Waals surface area contributed by atoms with Crippen molar-refractivity contribution in [3.05, 3.63) is 40.7 Å². The molecule has 150 valence electrons. The minimum Gasteiger partial charge on any atom is -0.487 e. The lowest BCUT2D eigenvalue weighted by Crippen LogP contribution is -2.46. The van der Waals surface area contributed by atoms with Crippen LogP contribution in [0.2, 0.25) is 0 Å².